The van der Waals surface area contributed by atoms with Gasteiger partial charge in [0.25, 0.3) is 5.91 Å². The number of nitrogens with zero attached hydrogens (tertiary/aromatic N) is 2. The van der Waals surface area contributed by atoms with Gasteiger partial charge in [0.2, 0.25) is 5.91 Å². The largest absolute Gasteiger partial charge is 0.469 e. The molecule has 43 heavy (non-hydrogen) atoms. The van der Waals surface area contributed by atoms with Crippen molar-refractivity contribution in [1.82, 2.24) is 15.2 Å². The van der Waals surface area contributed by atoms with Crippen LogP contribution < -0.4 is 5.32 Å². The Bertz CT molecular complexity index is 1230. The lowest BCUT2D eigenvalue weighted by Gasteiger charge is -2.35. The van der Waals surface area contributed by atoms with E-state index < -0.39 is 18.0 Å². The van der Waals surface area contributed by atoms with Gasteiger partial charge in [-0.25, -0.2) is 4.98 Å². The van der Waals surface area contributed by atoms with Crippen LogP contribution in [0.1, 0.15) is 93.3 Å². The third-order valence-electron chi connectivity index (χ3n) is 7.97. The summed E-state index contributed by atoms with van der Waals surface area (Å²) in [6.07, 6.45) is 0.556. The maximum absolute atomic E-state index is 13.6. The second-order valence-corrected chi connectivity index (χ2v) is 13.3. The van der Waals surface area contributed by atoms with Crippen LogP contribution in [-0.2, 0) is 30.3 Å². The van der Waals surface area contributed by atoms with Gasteiger partial charge < -0.3 is 19.7 Å². The molecule has 1 heterocycles. The van der Waals surface area contributed by atoms with Gasteiger partial charge in [-0.2, -0.15) is 0 Å². The number of hydrogen-bond acceptors (Lipinski definition) is 8. The van der Waals surface area contributed by atoms with Crippen LogP contribution in [0.4, 0.5) is 0 Å². The standard InChI is InChI=1S/C33H49N3O6S/c1-19(2)22(6)32(39)36(9)27(20(3)4)18-28(42-24(8)37)31-35-29(23(7)43-31)30(38)34-26(16-21(5)33(40)41-10)17-25-14-12-11-13-15-25/h11-15,19-22,26-28H,16-18H2,1-10H3,(H,34,38)/t21-,22-,26+,27+,28+/m0/s1. The fourth-order valence-electron chi connectivity index (χ4n) is 5.10. The zero-order chi connectivity index (χ0) is 32.4. The molecule has 1 aromatic carbocycles. The summed E-state index contributed by atoms with van der Waals surface area (Å²) in [5, 5.41) is 3.58. The number of thiazole rings is 1. The number of amides is 2. The molecule has 0 saturated heterocycles. The maximum Gasteiger partial charge on any atom is 0.308 e. The summed E-state index contributed by atoms with van der Waals surface area (Å²) in [5.74, 6) is -1.41. The molecule has 0 bridgehead atoms. The van der Waals surface area contributed by atoms with E-state index in [9.17, 15) is 19.2 Å². The van der Waals surface area contributed by atoms with Gasteiger partial charge in [0.15, 0.2) is 6.10 Å². The zero-order valence-corrected chi connectivity index (χ0v) is 28.1. The average molecular weight is 616 g/mol. The molecule has 0 fully saturated rings. The third kappa shape index (κ3) is 10.4. The number of carbonyl (C=O) groups excluding carboxylic acids is 4. The minimum atomic E-state index is -0.723. The van der Waals surface area contributed by atoms with Gasteiger partial charge in [-0.05, 0) is 37.2 Å². The molecular weight excluding hydrogens is 566 g/mol. The number of ether oxygens (including phenoxy) is 2. The van der Waals surface area contributed by atoms with Gasteiger partial charge in [0.05, 0.1) is 13.0 Å². The van der Waals surface area contributed by atoms with Crippen LogP contribution >= 0.6 is 11.3 Å². The molecular formula is C33H49N3O6S. The predicted octanol–water partition coefficient (Wildman–Crippen LogP) is 5.76. The molecule has 2 rings (SSSR count). The molecule has 5 atom stereocenters. The van der Waals surface area contributed by atoms with Crippen LogP contribution in [0.2, 0.25) is 0 Å². The normalized spacial score (nSPS) is 14.9. The predicted molar refractivity (Wildman–Crippen MR) is 169 cm³/mol. The van der Waals surface area contributed by atoms with Crippen LogP contribution in [0.5, 0.6) is 0 Å². The lowest BCUT2D eigenvalue weighted by Crippen LogP contribution is -2.44. The van der Waals surface area contributed by atoms with Crippen LogP contribution in [0.15, 0.2) is 30.3 Å². The summed E-state index contributed by atoms with van der Waals surface area (Å²) in [5.41, 5.74) is 1.28. The van der Waals surface area contributed by atoms with Crippen molar-refractivity contribution < 1.29 is 28.7 Å². The fourth-order valence-corrected chi connectivity index (χ4v) is 6.06. The Morgan fingerprint density at radius 3 is 2.14 bits per heavy atom. The van der Waals surface area contributed by atoms with E-state index in [1.165, 1.54) is 25.4 Å². The molecule has 9 nitrogen and oxygen atoms in total. The molecule has 0 spiro atoms. The fraction of sp³-hybridized carbons (Fsp3) is 0.606. The summed E-state index contributed by atoms with van der Waals surface area (Å²) in [6.45, 7) is 15.0. The minimum Gasteiger partial charge on any atom is -0.469 e. The molecule has 0 aliphatic heterocycles. The first-order valence-corrected chi connectivity index (χ1v) is 15.8. The smallest absolute Gasteiger partial charge is 0.308 e. The molecule has 0 saturated carbocycles. The van der Waals surface area contributed by atoms with E-state index in [2.05, 4.69) is 10.3 Å². The molecule has 0 radical (unpaired) electrons. The summed E-state index contributed by atoms with van der Waals surface area (Å²) >= 11 is 1.30. The van der Waals surface area contributed by atoms with E-state index in [1.807, 2.05) is 71.9 Å². The van der Waals surface area contributed by atoms with Crippen LogP contribution in [-0.4, -0.2) is 59.9 Å². The Morgan fingerprint density at radius 1 is 0.977 bits per heavy atom. The van der Waals surface area contributed by atoms with Crippen LogP contribution in [0.25, 0.3) is 0 Å². The van der Waals surface area contributed by atoms with Gasteiger partial charge in [0, 0.05) is 43.3 Å². The van der Waals surface area contributed by atoms with E-state index in [1.54, 1.807) is 18.9 Å². The van der Waals surface area contributed by atoms with Crippen LogP contribution in [0, 0.1) is 30.6 Å². The minimum absolute atomic E-state index is 0.0382. The van der Waals surface area contributed by atoms with Crippen LogP contribution in [0.3, 0.4) is 0 Å². The second kappa shape index (κ2) is 16.5. The number of aromatic nitrogens is 1. The van der Waals surface area contributed by atoms with E-state index in [4.69, 9.17) is 9.47 Å². The monoisotopic (exact) mass is 615 g/mol. The van der Waals surface area contributed by atoms with E-state index >= 15 is 0 Å². The molecule has 0 unspecified atom stereocenters. The topological polar surface area (TPSA) is 115 Å². The molecule has 0 aliphatic rings. The van der Waals surface area contributed by atoms with Crippen molar-refractivity contribution in [2.45, 2.75) is 92.8 Å². The number of nitrogens with one attached hydrogen (secondary N) is 1. The number of hydrogen-bond donors (Lipinski definition) is 1. The highest BCUT2D eigenvalue weighted by Crippen LogP contribution is 2.33. The number of rotatable bonds is 15. The van der Waals surface area contributed by atoms with Crippen molar-refractivity contribution in [3.05, 3.63) is 51.5 Å². The lowest BCUT2D eigenvalue weighted by atomic mass is 9.92. The van der Waals surface area contributed by atoms with Gasteiger partial charge in [0.1, 0.15) is 10.7 Å². The summed E-state index contributed by atoms with van der Waals surface area (Å²) < 4.78 is 10.7. The van der Waals surface area contributed by atoms with Crippen molar-refractivity contribution in [1.29, 1.82) is 0 Å². The highest BCUT2D eigenvalue weighted by molar-refractivity contribution is 7.12. The second-order valence-electron chi connectivity index (χ2n) is 12.1. The van der Waals surface area contributed by atoms with Gasteiger partial charge in [-0.1, -0.05) is 71.9 Å². The molecule has 0 aliphatic carbocycles. The van der Waals surface area contributed by atoms with Crippen molar-refractivity contribution >= 4 is 35.1 Å². The number of esters is 2. The third-order valence-corrected chi connectivity index (χ3v) is 9.04. The van der Waals surface area contributed by atoms with Crippen molar-refractivity contribution in [3.63, 3.8) is 0 Å². The summed E-state index contributed by atoms with van der Waals surface area (Å²) in [7, 11) is 3.15. The van der Waals surface area contributed by atoms with Gasteiger partial charge in [-0.3, -0.25) is 19.2 Å². The summed E-state index contributed by atoms with van der Waals surface area (Å²) in [4.78, 5) is 58.2. The van der Waals surface area contributed by atoms with E-state index in [0.29, 0.717) is 29.1 Å². The van der Waals surface area contributed by atoms with E-state index in [-0.39, 0.29) is 53.3 Å². The molecule has 2 aromatic rings. The van der Waals surface area contributed by atoms with E-state index in [0.717, 1.165) is 5.56 Å². The lowest BCUT2D eigenvalue weighted by molar-refractivity contribution is -0.149. The number of aryl methyl sites for hydroxylation is 1. The Morgan fingerprint density at radius 2 is 1.60 bits per heavy atom. The molecule has 1 N–H and O–H groups in total. The Hall–Kier alpha value is -3.27. The van der Waals surface area contributed by atoms with Crippen molar-refractivity contribution in [3.8, 4) is 0 Å². The average Bonchev–Trinajstić information content (AvgIpc) is 3.35. The van der Waals surface area contributed by atoms with Crippen molar-refractivity contribution in [2.24, 2.45) is 23.7 Å². The first kappa shape index (κ1) is 35.9. The Kier molecular flexibility index (Phi) is 13.8. The first-order valence-electron chi connectivity index (χ1n) is 15.0. The molecule has 10 heteroatoms. The SMILES string of the molecule is COC(=O)[C@@H](C)C[C@H](Cc1ccccc1)NC(=O)c1nc([C@@H](C[C@H](C(C)C)N(C)C(=O)[C@@H](C)C(C)C)OC(C)=O)sc1C. The molecule has 2 amide bonds. The quantitative estimate of drug-likeness (QED) is 0.253. The first-order chi connectivity index (χ1) is 20.2. The zero-order valence-electron chi connectivity index (χ0n) is 27.3. The van der Waals surface area contributed by atoms with Gasteiger partial charge >= 0.3 is 11.9 Å². The Balaban J connectivity index is 2.34. The Labute approximate surface area is 260 Å². The maximum atomic E-state index is 13.6. The number of carbonyl (C=O) groups is 4. The highest BCUT2D eigenvalue weighted by Gasteiger charge is 2.33. The van der Waals surface area contributed by atoms with Crippen molar-refractivity contribution in [2.75, 3.05) is 14.2 Å². The van der Waals surface area contributed by atoms with Gasteiger partial charge in [-0.15, -0.1) is 11.3 Å². The highest BCUT2D eigenvalue weighted by atomic mass is 32.1. The number of methoxy groups -OCH3 is 1. The molecule has 1 aromatic heterocycles. The number of benzene rings is 1. The summed E-state index contributed by atoms with van der Waals surface area (Å²) in [6, 6.07) is 9.20. The molecule has 238 valence electrons.